The molecule has 136 valence electrons. The molecule has 0 radical (unpaired) electrons. The molecule has 0 aliphatic rings. The summed E-state index contributed by atoms with van der Waals surface area (Å²) in [6.45, 7) is 1.67. The number of nitrogens with zero attached hydrogens (tertiary/aromatic N) is 3. The Balaban J connectivity index is 2.18. The van der Waals surface area contributed by atoms with Crippen molar-refractivity contribution < 1.29 is 17.7 Å². The van der Waals surface area contributed by atoms with Gasteiger partial charge in [-0.2, -0.15) is 17.5 Å². The van der Waals surface area contributed by atoms with Crippen LogP contribution in [0.5, 0.6) is 0 Å². The predicted octanol–water partition coefficient (Wildman–Crippen LogP) is 4.13. The van der Waals surface area contributed by atoms with Crippen LogP contribution in [0.15, 0.2) is 47.2 Å². The summed E-state index contributed by atoms with van der Waals surface area (Å²) < 4.78 is 52.6. The van der Waals surface area contributed by atoms with E-state index in [2.05, 4.69) is 19.6 Å². The Labute approximate surface area is 149 Å². The third kappa shape index (κ3) is 5.28. The number of aromatic nitrogens is 2. The Morgan fingerprint density at radius 1 is 1.32 bits per heavy atom. The highest BCUT2D eigenvalue weighted by molar-refractivity contribution is 8.00. The van der Waals surface area contributed by atoms with Crippen LogP contribution in [0.25, 0.3) is 0 Å². The molecule has 0 saturated carbocycles. The van der Waals surface area contributed by atoms with Crippen molar-refractivity contribution in [3.63, 3.8) is 0 Å². The van der Waals surface area contributed by atoms with Gasteiger partial charge in [0.1, 0.15) is 5.69 Å². The maximum atomic E-state index is 12.6. The highest BCUT2D eigenvalue weighted by Crippen LogP contribution is 2.31. The summed E-state index contributed by atoms with van der Waals surface area (Å²) >= 11 is 5.12. The number of rotatable bonds is 3. The lowest BCUT2D eigenvalue weighted by atomic mass is 10.2. The van der Waals surface area contributed by atoms with E-state index in [1.165, 1.54) is 12.3 Å². The molecule has 5 nitrogen and oxygen atoms in total. The number of nitrogens with one attached hydrogen (secondary N) is 1. The molecule has 2 heterocycles. The molecule has 2 rings (SSSR count). The van der Waals surface area contributed by atoms with Crippen molar-refractivity contribution in [2.45, 2.75) is 18.3 Å². The Kier molecular flexibility index (Phi) is 5.86. The van der Waals surface area contributed by atoms with Crippen molar-refractivity contribution >= 4 is 33.1 Å². The van der Waals surface area contributed by atoms with Crippen LogP contribution in [0.2, 0.25) is 0 Å². The van der Waals surface area contributed by atoms with E-state index in [0.717, 1.165) is 12.3 Å². The van der Waals surface area contributed by atoms with E-state index in [9.17, 15) is 17.7 Å². The average Bonchev–Trinajstić information content (AvgIpc) is 2.53. The molecule has 2 aromatic rings. The zero-order valence-corrected chi connectivity index (χ0v) is 15.1. The topological polar surface area (TPSA) is 70.4 Å². The molecule has 2 N–H and O–H groups in total. The Morgan fingerprint density at radius 3 is 2.56 bits per heavy atom. The van der Waals surface area contributed by atoms with Crippen LogP contribution in [-0.2, 0) is 16.3 Å². The lowest BCUT2D eigenvalue weighted by molar-refractivity contribution is -0.141. The largest absolute Gasteiger partial charge is 0.433 e. The van der Waals surface area contributed by atoms with Crippen LogP contribution in [-0.4, -0.2) is 25.9 Å². The summed E-state index contributed by atoms with van der Waals surface area (Å²) in [4.78, 5) is 7.34. The number of pyridine rings is 2. The second-order valence-corrected chi connectivity index (χ2v) is 8.72. The van der Waals surface area contributed by atoms with Crippen LogP contribution >= 0.6 is 12.2 Å². The molecule has 0 amide bonds. The first-order chi connectivity index (χ1) is 11.6. The second-order valence-electron chi connectivity index (χ2n) is 5.40. The van der Waals surface area contributed by atoms with E-state index in [4.69, 9.17) is 12.2 Å². The third-order valence-corrected chi connectivity index (χ3v) is 6.20. The van der Waals surface area contributed by atoms with Crippen molar-refractivity contribution in [2.24, 2.45) is 4.36 Å². The lowest BCUT2D eigenvalue weighted by Crippen LogP contribution is -2.20. The Bertz CT molecular complexity index is 789. The Morgan fingerprint density at radius 2 is 2.04 bits per heavy atom. The third-order valence-electron chi connectivity index (χ3n) is 3.50. The van der Waals surface area contributed by atoms with Gasteiger partial charge in [-0.15, -0.1) is 0 Å². The standard InChI is InChI=1S/C15H17F3N4OS2/c1-10(11-5-6-13(20-8-11)15(16,17)18)25(2,23)22-14(24)21-12-4-3-7-19-9-12/h3-10,25H,1-2H3,(H2,21,22,23,24). The Hall–Kier alpha value is -1.91. The SMILES string of the molecule is CC(c1ccc(C(F)(F)F)nc1)[SH](C)(O)=NC(=S)Nc1cccnc1. The van der Waals surface area contributed by atoms with E-state index < -0.39 is 27.2 Å². The van der Waals surface area contributed by atoms with Gasteiger partial charge in [-0.3, -0.25) is 9.97 Å². The minimum atomic E-state index is -4.50. The van der Waals surface area contributed by atoms with Gasteiger partial charge in [-0.25, -0.2) is 0 Å². The van der Waals surface area contributed by atoms with Crippen LogP contribution in [0.1, 0.15) is 23.4 Å². The zero-order chi connectivity index (χ0) is 18.7. The van der Waals surface area contributed by atoms with Crippen LogP contribution in [0, 0.1) is 0 Å². The number of alkyl halides is 3. The number of hydrogen-bond donors (Lipinski definition) is 3. The molecule has 0 aromatic carbocycles. The molecule has 10 heteroatoms. The van der Waals surface area contributed by atoms with Gasteiger partial charge in [0.2, 0.25) is 5.11 Å². The van der Waals surface area contributed by atoms with Crippen LogP contribution in [0.4, 0.5) is 18.9 Å². The van der Waals surface area contributed by atoms with Gasteiger partial charge in [0.15, 0.2) is 0 Å². The van der Waals surface area contributed by atoms with Crippen molar-refractivity contribution in [2.75, 3.05) is 11.6 Å². The summed E-state index contributed by atoms with van der Waals surface area (Å²) in [5.41, 5.74) is 0.103. The van der Waals surface area contributed by atoms with E-state index in [1.54, 1.807) is 31.5 Å². The number of hydrogen-bond acceptors (Lipinski definition) is 3. The van der Waals surface area contributed by atoms with Crippen molar-refractivity contribution in [3.05, 3.63) is 54.1 Å². The van der Waals surface area contributed by atoms with Gasteiger partial charge < -0.3 is 9.87 Å². The molecule has 0 spiro atoms. The van der Waals surface area contributed by atoms with Crippen molar-refractivity contribution in [1.29, 1.82) is 0 Å². The van der Waals surface area contributed by atoms with E-state index >= 15 is 0 Å². The molecule has 0 fully saturated rings. The quantitative estimate of drug-likeness (QED) is 0.543. The number of halogens is 3. The molecule has 0 saturated heterocycles. The molecular weight excluding hydrogens is 373 g/mol. The summed E-state index contributed by atoms with van der Waals surface area (Å²) in [5, 5.41) is 2.40. The normalized spacial score (nSPS) is 13.8. The second kappa shape index (κ2) is 7.54. The number of thiocarbonyl (C=S) groups is 1. The van der Waals surface area contributed by atoms with Crippen molar-refractivity contribution in [3.8, 4) is 0 Å². The van der Waals surface area contributed by atoms with E-state index in [-0.39, 0.29) is 5.11 Å². The molecule has 0 bridgehead atoms. The van der Waals surface area contributed by atoms with Crippen molar-refractivity contribution in [1.82, 2.24) is 9.97 Å². The highest BCUT2D eigenvalue weighted by Gasteiger charge is 2.32. The summed E-state index contributed by atoms with van der Waals surface area (Å²) in [5.74, 6) is 0. The minimum Gasteiger partial charge on any atom is -0.344 e. The number of anilines is 1. The molecule has 1 atom stereocenters. The van der Waals surface area contributed by atoms with Gasteiger partial charge in [0.05, 0.1) is 11.9 Å². The van der Waals surface area contributed by atoms with Gasteiger partial charge >= 0.3 is 6.18 Å². The van der Waals surface area contributed by atoms with Crippen LogP contribution in [0.3, 0.4) is 0 Å². The molecule has 0 aliphatic carbocycles. The monoisotopic (exact) mass is 390 g/mol. The molecule has 0 aliphatic heterocycles. The smallest absolute Gasteiger partial charge is 0.344 e. The molecule has 25 heavy (non-hydrogen) atoms. The first-order valence-electron chi connectivity index (χ1n) is 7.16. The highest BCUT2D eigenvalue weighted by atomic mass is 32.3. The maximum Gasteiger partial charge on any atom is 0.433 e. The van der Waals surface area contributed by atoms with E-state index in [0.29, 0.717) is 11.3 Å². The first kappa shape index (κ1) is 19.4. The summed E-state index contributed by atoms with van der Waals surface area (Å²) in [7, 11) is -2.92. The van der Waals surface area contributed by atoms with Gasteiger partial charge in [0.25, 0.3) is 0 Å². The fourth-order valence-corrected chi connectivity index (χ4v) is 3.88. The van der Waals surface area contributed by atoms with Gasteiger partial charge in [0, 0.05) is 17.6 Å². The van der Waals surface area contributed by atoms with Gasteiger partial charge in [-0.1, -0.05) is 16.2 Å². The van der Waals surface area contributed by atoms with Gasteiger partial charge in [-0.05, 0) is 49.2 Å². The maximum absolute atomic E-state index is 12.6. The zero-order valence-electron chi connectivity index (χ0n) is 13.4. The van der Waals surface area contributed by atoms with E-state index in [1.807, 2.05) is 0 Å². The fraction of sp³-hybridized carbons (Fsp3) is 0.267. The molecular formula is C15H17F3N4OS2. The summed E-state index contributed by atoms with van der Waals surface area (Å²) in [6.07, 6.45) is 1.30. The summed E-state index contributed by atoms with van der Waals surface area (Å²) in [6, 6.07) is 5.64. The molecule has 1 unspecified atom stereocenters. The lowest BCUT2D eigenvalue weighted by Gasteiger charge is -2.26. The first-order valence-corrected chi connectivity index (χ1v) is 9.78. The predicted molar refractivity (Wildman–Crippen MR) is 97.9 cm³/mol. The number of thiol groups is 1. The molecule has 2 aromatic heterocycles. The minimum absolute atomic E-state index is 0.0815. The van der Waals surface area contributed by atoms with Crippen LogP contribution < -0.4 is 5.32 Å². The fourth-order valence-electron chi connectivity index (χ4n) is 1.96. The average molecular weight is 390 g/mol.